The fourth-order valence-electron chi connectivity index (χ4n) is 3.07. The van der Waals surface area contributed by atoms with Crippen LogP contribution in [-0.2, 0) is 19.1 Å². The Balaban J connectivity index is 2.78. The Morgan fingerprint density at radius 2 is 1.48 bits per heavy atom. The molecule has 5 nitrogen and oxygen atoms in total. The van der Waals surface area contributed by atoms with Gasteiger partial charge in [-0.05, 0) is 32.1 Å². The zero-order chi connectivity index (χ0) is 21.1. The van der Waals surface area contributed by atoms with Crippen molar-refractivity contribution in [2.45, 2.75) is 75.9 Å². The molecule has 1 rings (SSSR count). The highest BCUT2D eigenvalue weighted by molar-refractivity contribution is 5.84. The maximum atomic E-state index is 12.6. The van der Waals surface area contributed by atoms with Crippen LogP contribution in [0.4, 0.5) is 26.3 Å². The highest BCUT2D eigenvalue weighted by atomic mass is 19.4. The van der Waals surface area contributed by atoms with E-state index in [1.807, 2.05) is 0 Å². The quantitative estimate of drug-likeness (QED) is 0.536. The molecule has 0 amide bonds. The Labute approximate surface area is 152 Å². The molecule has 0 aliphatic heterocycles. The van der Waals surface area contributed by atoms with Crippen molar-refractivity contribution >= 4 is 11.9 Å². The maximum absolute atomic E-state index is 12.6. The number of hydrogen-bond donors (Lipinski definition) is 1. The van der Waals surface area contributed by atoms with Gasteiger partial charge in [0.15, 0.2) is 6.61 Å². The highest BCUT2D eigenvalue weighted by Gasteiger charge is 2.76. The van der Waals surface area contributed by atoms with Gasteiger partial charge in [0, 0.05) is 0 Å². The van der Waals surface area contributed by atoms with Gasteiger partial charge in [0.05, 0.1) is 0 Å². The molecule has 1 saturated carbocycles. The van der Waals surface area contributed by atoms with Gasteiger partial charge in [-0.2, -0.15) is 26.3 Å². The largest absolute Gasteiger partial charge is 0.457 e. The third kappa shape index (κ3) is 5.05. The monoisotopic (exact) mass is 408 g/mol. The number of aliphatic hydroxyl groups is 1. The molecule has 1 aliphatic carbocycles. The summed E-state index contributed by atoms with van der Waals surface area (Å²) in [5.74, 6) is -4.33. The summed E-state index contributed by atoms with van der Waals surface area (Å²) in [6.45, 7) is 1.86. The van der Waals surface area contributed by atoms with Gasteiger partial charge < -0.3 is 14.6 Å². The summed E-state index contributed by atoms with van der Waals surface area (Å²) in [5, 5.41) is 8.87. The smallest absolute Gasteiger partial charge is 0.437 e. The maximum Gasteiger partial charge on any atom is 0.437 e. The molecule has 0 radical (unpaired) electrons. The molecule has 1 unspecified atom stereocenters. The van der Waals surface area contributed by atoms with Crippen LogP contribution in [0.5, 0.6) is 0 Å². The second kappa shape index (κ2) is 8.24. The molecule has 0 aromatic heterocycles. The van der Waals surface area contributed by atoms with E-state index in [4.69, 9.17) is 9.84 Å². The van der Waals surface area contributed by atoms with Gasteiger partial charge in [0.2, 0.25) is 0 Å². The highest BCUT2D eigenvalue weighted by Crippen LogP contribution is 2.44. The molecule has 1 atom stereocenters. The van der Waals surface area contributed by atoms with Crippen molar-refractivity contribution in [1.82, 2.24) is 0 Å². The lowest BCUT2D eigenvalue weighted by molar-refractivity contribution is -0.356. The van der Waals surface area contributed by atoms with Crippen LogP contribution < -0.4 is 0 Å². The Hall–Kier alpha value is -1.52. The summed E-state index contributed by atoms with van der Waals surface area (Å²) in [6.07, 6.45) is -7.99. The Morgan fingerprint density at radius 3 is 1.89 bits per heavy atom. The van der Waals surface area contributed by atoms with E-state index in [2.05, 4.69) is 4.74 Å². The number of carbonyl (C=O) groups is 2. The number of hydrogen-bond acceptors (Lipinski definition) is 5. The lowest BCUT2D eigenvalue weighted by Gasteiger charge is -2.38. The Bertz CT molecular complexity index is 524. The lowest BCUT2D eigenvalue weighted by atomic mass is 9.76. The van der Waals surface area contributed by atoms with Gasteiger partial charge in [-0.1, -0.05) is 26.2 Å². The third-order valence-corrected chi connectivity index (χ3v) is 4.95. The number of alkyl halides is 6. The second-order valence-electron chi connectivity index (χ2n) is 6.76. The zero-order valence-electron chi connectivity index (χ0n) is 14.9. The summed E-state index contributed by atoms with van der Waals surface area (Å²) in [6, 6.07) is 0. The van der Waals surface area contributed by atoms with Crippen LogP contribution in [0, 0.1) is 5.92 Å². The van der Waals surface area contributed by atoms with Gasteiger partial charge in [-0.25, -0.2) is 9.59 Å². The van der Waals surface area contributed by atoms with E-state index >= 15 is 0 Å². The van der Waals surface area contributed by atoms with Crippen LogP contribution in [0.15, 0.2) is 0 Å². The fraction of sp³-hybridized carbons (Fsp3) is 0.875. The van der Waals surface area contributed by atoms with E-state index in [-0.39, 0.29) is 5.92 Å². The van der Waals surface area contributed by atoms with Crippen LogP contribution in [-0.4, -0.2) is 47.2 Å². The first kappa shape index (κ1) is 23.5. The second-order valence-corrected chi connectivity index (χ2v) is 6.76. The van der Waals surface area contributed by atoms with Gasteiger partial charge >= 0.3 is 29.9 Å². The Morgan fingerprint density at radius 1 is 1.00 bits per heavy atom. The normalized spacial score (nSPS) is 19.3. The van der Waals surface area contributed by atoms with Crippen molar-refractivity contribution in [2.75, 3.05) is 6.61 Å². The fourth-order valence-corrected chi connectivity index (χ4v) is 3.07. The summed E-state index contributed by atoms with van der Waals surface area (Å²) in [7, 11) is 0. The van der Waals surface area contributed by atoms with Crippen molar-refractivity contribution < 1.29 is 50.5 Å². The number of esters is 2. The van der Waals surface area contributed by atoms with Gasteiger partial charge in [0.25, 0.3) is 0 Å². The predicted molar refractivity (Wildman–Crippen MR) is 79.4 cm³/mol. The van der Waals surface area contributed by atoms with E-state index in [1.165, 1.54) is 0 Å². The molecule has 1 aliphatic rings. The molecular formula is C16H22F6O5. The molecule has 27 heavy (non-hydrogen) atoms. The van der Waals surface area contributed by atoms with E-state index in [9.17, 15) is 35.9 Å². The molecule has 0 aromatic carbocycles. The average Bonchev–Trinajstić information content (AvgIpc) is 2.57. The molecule has 0 saturated heterocycles. The number of rotatable bonds is 6. The Kier molecular flexibility index (Phi) is 7.17. The molecule has 0 heterocycles. The van der Waals surface area contributed by atoms with Crippen LogP contribution in [0.3, 0.4) is 0 Å². The van der Waals surface area contributed by atoms with E-state index in [0.29, 0.717) is 6.42 Å². The zero-order valence-corrected chi connectivity index (χ0v) is 14.9. The van der Waals surface area contributed by atoms with E-state index in [0.717, 1.165) is 32.1 Å². The molecule has 0 bridgehead atoms. The predicted octanol–water partition coefficient (Wildman–Crippen LogP) is 3.68. The summed E-state index contributed by atoms with van der Waals surface area (Å²) >= 11 is 0. The molecule has 11 heteroatoms. The van der Waals surface area contributed by atoms with Crippen molar-refractivity contribution in [3.63, 3.8) is 0 Å². The first-order valence-electron chi connectivity index (χ1n) is 8.44. The van der Waals surface area contributed by atoms with Crippen LogP contribution in [0.1, 0.15) is 52.4 Å². The average molecular weight is 408 g/mol. The minimum atomic E-state index is -6.37. The molecular weight excluding hydrogens is 386 g/mol. The van der Waals surface area contributed by atoms with Gasteiger partial charge in [-0.3, -0.25) is 0 Å². The summed E-state index contributed by atoms with van der Waals surface area (Å²) in [4.78, 5) is 23.1. The topological polar surface area (TPSA) is 72.8 Å². The molecule has 0 aromatic rings. The summed E-state index contributed by atoms with van der Waals surface area (Å²) < 4.78 is 84.3. The molecule has 1 fully saturated rings. The lowest BCUT2D eigenvalue weighted by Crippen LogP contribution is -2.63. The van der Waals surface area contributed by atoms with Crippen molar-refractivity contribution in [1.29, 1.82) is 0 Å². The molecule has 0 spiro atoms. The van der Waals surface area contributed by atoms with Crippen LogP contribution in [0.2, 0.25) is 0 Å². The first-order valence-corrected chi connectivity index (χ1v) is 8.44. The minimum Gasteiger partial charge on any atom is -0.457 e. The standard InChI is InChI=1S/C16H22F6O5/c1-3-13(2,10-7-5-4-6-8-10)27-11(23)9-26-12(24)14(25,15(17,18)19)16(20,21)22/h10,25H,3-9H2,1-2H3. The SMILES string of the molecule is CCC(C)(OC(=O)COC(=O)C(O)(C(F)(F)F)C(F)(F)F)C1CCCCC1. The van der Waals surface area contributed by atoms with Crippen molar-refractivity contribution in [3.05, 3.63) is 0 Å². The van der Waals surface area contributed by atoms with Gasteiger partial charge in [0.1, 0.15) is 5.60 Å². The number of halogens is 6. The third-order valence-electron chi connectivity index (χ3n) is 4.95. The van der Waals surface area contributed by atoms with Gasteiger partial charge in [-0.15, -0.1) is 0 Å². The van der Waals surface area contributed by atoms with Crippen LogP contribution in [0.25, 0.3) is 0 Å². The van der Waals surface area contributed by atoms with Crippen molar-refractivity contribution in [3.8, 4) is 0 Å². The van der Waals surface area contributed by atoms with Crippen molar-refractivity contribution in [2.24, 2.45) is 5.92 Å². The molecule has 158 valence electrons. The molecule has 1 N–H and O–H groups in total. The van der Waals surface area contributed by atoms with E-state index < -0.39 is 42.1 Å². The van der Waals surface area contributed by atoms with E-state index in [1.54, 1.807) is 13.8 Å². The van der Waals surface area contributed by atoms with Crippen LogP contribution >= 0.6 is 0 Å². The minimum absolute atomic E-state index is 0.0156. The first-order chi connectivity index (χ1) is 12.2. The number of ether oxygens (including phenoxy) is 2. The number of carbonyl (C=O) groups excluding carboxylic acids is 2. The summed E-state index contributed by atoms with van der Waals surface area (Å²) in [5.41, 5.74) is -6.70.